The van der Waals surface area contributed by atoms with Crippen LogP contribution < -0.4 is 15.5 Å². The maximum absolute atomic E-state index is 12.7. The zero-order chi connectivity index (χ0) is 19.0. The van der Waals surface area contributed by atoms with Gasteiger partial charge in [0.05, 0.1) is 26.2 Å². The molecule has 0 bridgehead atoms. The van der Waals surface area contributed by atoms with Gasteiger partial charge in [-0.1, -0.05) is 29.4 Å². The highest BCUT2D eigenvalue weighted by Gasteiger charge is 2.30. The Labute approximate surface area is 170 Å². The van der Waals surface area contributed by atoms with Gasteiger partial charge < -0.3 is 15.5 Å². The number of anilines is 2. The van der Waals surface area contributed by atoms with Gasteiger partial charge in [-0.15, -0.1) is 11.3 Å². The number of fused-ring (bicyclic) bond motifs is 1. The minimum absolute atomic E-state index is 0.123. The van der Waals surface area contributed by atoms with Crippen LogP contribution in [0.15, 0.2) is 47.5 Å². The van der Waals surface area contributed by atoms with Gasteiger partial charge in [-0.3, -0.25) is 4.79 Å². The van der Waals surface area contributed by atoms with E-state index in [4.69, 9.17) is 11.6 Å². The predicted molar refractivity (Wildman–Crippen MR) is 112 cm³/mol. The number of amides is 1. The third-order valence-corrected chi connectivity index (χ3v) is 6.76. The summed E-state index contributed by atoms with van der Waals surface area (Å²) in [4.78, 5) is 25.8. The number of hydrogen-bond acceptors (Lipinski definition) is 7. The summed E-state index contributed by atoms with van der Waals surface area (Å²) in [5.74, 6) is 0.424. The molecular weight excluding hydrogens is 402 g/mol. The molecule has 4 rings (SSSR count). The number of nitrogens with zero attached hydrogens (tertiary/aromatic N) is 3. The molecule has 0 saturated carbocycles. The Morgan fingerprint density at radius 2 is 2.11 bits per heavy atom. The maximum Gasteiger partial charge on any atom is 0.263 e. The summed E-state index contributed by atoms with van der Waals surface area (Å²) in [6.45, 7) is 0. The number of carbonyl (C=O) groups is 1. The van der Waals surface area contributed by atoms with Crippen LogP contribution in [0.3, 0.4) is 0 Å². The highest BCUT2D eigenvalue weighted by Crippen LogP contribution is 2.45. The summed E-state index contributed by atoms with van der Waals surface area (Å²) >= 11 is 9.27. The van der Waals surface area contributed by atoms with Crippen LogP contribution in [0.25, 0.3) is 10.6 Å². The fraction of sp³-hybridized carbons (Fsp3) is 0.167. The lowest BCUT2D eigenvalue weighted by Crippen LogP contribution is -2.41. The predicted octanol–water partition coefficient (Wildman–Crippen LogP) is 4.16. The second kappa shape index (κ2) is 7.38. The van der Waals surface area contributed by atoms with Gasteiger partial charge in [-0.05, 0) is 30.3 Å². The molecule has 6 nitrogen and oxygen atoms in total. The molecule has 1 atom stereocenters. The van der Waals surface area contributed by atoms with Crippen LogP contribution in [0.2, 0.25) is 5.02 Å². The molecule has 9 heteroatoms. The highest BCUT2D eigenvalue weighted by molar-refractivity contribution is 8.00. The summed E-state index contributed by atoms with van der Waals surface area (Å²) in [6.07, 6.45) is 1.69. The van der Waals surface area contributed by atoms with Crippen LogP contribution in [0.5, 0.6) is 0 Å². The van der Waals surface area contributed by atoms with Crippen molar-refractivity contribution in [1.29, 1.82) is 0 Å². The lowest BCUT2D eigenvalue weighted by atomic mass is 10.3. The molecule has 1 amide bonds. The standard InChI is InChI=1S/C18H16ClN5OS2/c1-20-17-21-9-8-11(22-17)12-6-7-14(26-12)16(25)23-18-24(2)15-10(19)4-3-5-13(15)27-18/h3-9,18H,1-2H3,(H,23,25)(H,20,21,22). The maximum atomic E-state index is 12.7. The molecule has 0 fully saturated rings. The van der Waals surface area contributed by atoms with E-state index in [1.165, 1.54) is 11.3 Å². The van der Waals surface area contributed by atoms with Crippen molar-refractivity contribution in [2.75, 3.05) is 24.3 Å². The van der Waals surface area contributed by atoms with Crippen LogP contribution >= 0.6 is 34.7 Å². The van der Waals surface area contributed by atoms with Crippen LogP contribution in [-0.4, -0.2) is 35.5 Å². The molecule has 27 heavy (non-hydrogen) atoms. The molecule has 138 valence electrons. The van der Waals surface area contributed by atoms with Crippen molar-refractivity contribution in [3.8, 4) is 10.6 Å². The van der Waals surface area contributed by atoms with E-state index in [0.29, 0.717) is 15.8 Å². The largest absolute Gasteiger partial charge is 0.357 e. The average Bonchev–Trinajstić information content (AvgIpc) is 3.28. The summed E-state index contributed by atoms with van der Waals surface area (Å²) in [5.41, 5.74) is 1.53. The Morgan fingerprint density at radius 3 is 2.89 bits per heavy atom. The molecule has 0 radical (unpaired) electrons. The van der Waals surface area contributed by atoms with Gasteiger partial charge in [0.15, 0.2) is 5.50 Å². The molecule has 0 aliphatic carbocycles. The number of benzene rings is 1. The van der Waals surface area contributed by atoms with E-state index in [0.717, 1.165) is 21.2 Å². The number of rotatable bonds is 4. The number of carbonyl (C=O) groups excluding carboxylic acids is 1. The first kappa shape index (κ1) is 18.1. The number of nitrogens with one attached hydrogen (secondary N) is 2. The zero-order valence-corrected chi connectivity index (χ0v) is 17.0. The van der Waals surface area contributed by atoms with Gasteiger partial charge in [0.25, 0.3) is 5.91 Å². The first-order valence-electron chi connectivity index (χ1n) is 8.16. The van der Waals surface area contributed by atoms with Crippen molar-refractivity contribution in [3.63, 3.8) is 0 Å². The van der Waals surface area contributed by atoms with Crippen molar-refractivity contribution in [3.05, 3.63) is 52.5 Å². The smallest absolute Gasteiger partial charge is 0.263 e. The Balaban J connectivity index is 1.50. The molecule has 1 aliphatic heterocycles. The number of thioether (sulfide) groups is 1. The number of aromatic nitrogens is 2. The van der Waals surface area contributed by atoms with Crippen molar-refractivity contribution in [1.82, 2.24) is 15.3 Å². The van der Waals surface area contributed by atoms with Gasteiger partial charge in [-0.25, -0.2) is 9.97 Å². The molecular formula is C18H16ClN5OS2. The van der Waals surface area contributed by atoms with E-state index in [9.17, 15) is 4.79 Å². The van der Waals surface area contributed by atoms with E-state index in [-0.39, 0.29) is 11.4 Å². The van der Waals surface area contributed by atoms with Gasteiger partial charge in [0, 0.05) is 25.2 Å². The van der Waals surface area contributed by atoms with Crippen molar-refractivity contribution in [2.45, 2.75) is 10.4 Å². The molecule has 1 aromatic carbocycles. The fourth-order valence-electron chi connectivity index (χ4n) is 2.77. The Hall–Kier alpha value is -2.29. The molecule has 3 aromatic rings. The third-order valence-electron chi connectivity index (χ3n) is 4.11. The molecule has 0 spiro atoms. The first-order chi connectivity index (χ1) is 13.1. The van der Waals surface area contributed by atoms with Crippen molar-refractivity contribution >= 4 is 52.2 Å². The van der Waals surface area contributed by atoms with Gasteiger partial charge in [0.2, 0.25) is 5.95 Å². The summed E-state index contributed by atoms with van der Waals surface area (Å²) in [7, 11) is 3.70. The molecule has 1 aliphatic rings. The minimum atomic E-state index is -0.201. The Morgan fingerprint density at radius 1 is 1.26 bits per heavy atom. The van der Waals surface area contributed by atoms with E-state index in [2.05, 4.69) is 20.6 Å². The monoisotopic (exact) mass is 417 g/mol. The molecule has 1 unspecified atom stereocenters. The Kier molecular flexibility index (Phi) is 4.94. The molecule has 0 saturated heterocycles. The number of hydrogen-bond donors (Lipinski definition) is 2. The van der Waals surface area contributed by atoms with Crippen LogP contribution in [0.1, 0.15) is 9.67 Å². The molecule has 3 heterocycles. The van der Waals surface area contributed by atoms with Crippen LogP contribution in [0, 0.1) is 0 Å². The third kappa shape index (κ3) is 3.47. The number of para-hydroxylation sites is 1. The Bertz CT molecular complexity index is 1010. The van der Waals surface area contributed by atoms with E-state index in [1.54, 1.807) is 25.0 Å². The number of thiophene rings is 1. The van der Waals surface area contributed by atoms with Crippen molar-refractivity contribution < 1.29 is 4.79 Å². The summed E-state index contributed by atoms with van der Waals surface area (Å²) in [6, 6.07) is 11.3. The second-order valence-corrected chi connectivity index (χ2v) is 8.43. The SMILES string of the molecule is CNc1nccc(-c2ccc(C(=O)NC3Sc4cccc(Cl)c4N3C)s2)n1. The fourth-order valence-corrected chi connectivity index (χ4v) is 5.21. The lowest BCUT2D eigenvalue weighted by Gasteiger charge is -2.22. The minimum Gasteiger partial charge on any atom is -0.357 e. The number of halogens is 1. The van der Waals surface area contributed by atoms with E-state index < -0.39 is 0 Å². The van der Waals surface area contributed by atoms with Gasteiger partial charge in [0.1, 0.15) is 0 Å². The molecule has 2 N–H and O–H groups in total. The van der Waals surface area contributed by atoms with Crippen LogP contribution in [0.4, 0.5) is 11.6 Å². The van der Waals surface area contributed by atoms with E-state index >= 15 is 0 Å². The van der Waals surface area contributed by atoms with Crippen molar-refractivity contribution in [2.24, 2.45) is 0 Å². The summed E-state index contributed by atoms with van der Waals surface area (Å²) < 4.78 is 0. The highest BCUT2D eigenvalue weighted by atomic mass is 35.5. The van der Waals surface area contributed by atoms with Gasteiger partial charge in [-0.2, -0.15) is 0 Å². The normalized spacial score (nSPS) is 15.5. The topological polar surface area (TPSA) is 70.2 Å². The van der Waals surface area contributed by atoms with Gasteiger partial charge >= 0.3 is 0 Å². The van der Waals surface area contributed by atoms with E-state index in [1.807, 2.05) is 48.3 Å². The first-order valence-corrected chi connectivity index (χ1v) is 10.2. The summed E-state index contributed by atoms with van der Waals surface area (Å²) in [5, 5.41) is 6.66. The average molecular weight is 418 g/mol. The second-order valence-electron chi connectivity index (χ2n) is 5.82. The zero-order valence-electron chi connectivity index (χ0n) is 14.6. The lowest BCUT2D eigenvalue weighted by molar-refractivity contribution is 0.0954. The quantitative estimate of drug-likeness (QED) is 0.664. The van der Waals surface area contributed by atoms with Crippen LogP contribution in [-0.2, 0) is 0 Å². The molecule has 2 aromatic heterocycles.